The van der Waals surface area contributed by atoms with Crippen molar-refractivity contribution in [2.24, 2.45) is 0 Å². The lowest BCUT2D eigenvalue weighted by molar-refractivity contribution is 0.0953. The van der Waals surface area contributed by atoms with Crippen LogP contribution in [0.1, 0.15) is 22.2 Å². The fourth-order valence-corrected chi connectivity index (χ4v) is 2.96. The topological polar surface area (TPSA) is 41.1 Å². The van der Waals surface area contributed by atoms with Crippen molar-refractivity contribution in [1.82, 2.24) is 10.6 Å². The molecular formula is C10H16BrClN2OS. The number of likely N-dealkylation sites (N-methyl/N-ethyl adjacent to an activating group) is 1. The van der Waals surface area contributed by atoms with Gasteiger partial charge in [-0.25, -0.2) is 0 Å². The number of hydrogen-bond acceptors (Lipinski definition) is 3. The Morgan fingerprint density at radius 3 is 2.69 bits per heavy atom. The summed E-state index contributed by atoms with van der Waals surface area (Å²) >= 11 is 4.96. The third-order valence-corrected chi connectivity index (χ3v) is 3.64. The number of rotatable bonds is 5. The van der Waals surface area contributed by atoms with Crippen LogP contribution in [0.2, 0.25) is 0 Å². The van der Waals surface area contributed by atoms with Gasteiger partial charge in [0.05, 0.1) is 9.35 Å². The maximum absolute atomic E-state index is 11.7. The first kappa shape index (κ1) is 15.9. The van der Waals surface area contributed by atoms with Crippen molar-refractivity contribution in [3.05, 3.63) is 20.3 Å². The number of thiophene rings is 1. The Labute approximate surface area is 115 Å². The summed E-state index contributed by atoms with van der Waals surface area (Å²) in [5.41, 5.74) is 0.731. The predicted molar refractivity (Wildman–Crippen MR) is 74.9 cm³/mol. The summed E-state index contributed by atoms with van der Waals surface area (Å²) in [6.45, 7) is 6.43. The molecule has 3 nitrogen and oxygen atoms in total. The molecule has 0 aromatic carbocycles. The van der Waals surface area contributed by atoms with Crippen LogP contribution >= 0.6 is 39.7 Å². The van der Waals surface area contributed by atoms with Crippen molar-refractivity contribution in [3.63, 3.8) is 0 Å². The number of amides is 1. The molecule has 1 heterocycles. The largest absolute Gasteiger partial charge is 0.351 e. The molecule has 6 heteroatoms. The highest BCUT2D eigenvalue weighted by atomic mass is 79.9. The van der Waals surface area contributed by atoms with E-state index in [-0.39, 0.29) is 18.3 Å². The van der Waals surface area contributed by atoms with Gasteiger partial charge in [-0.15, -0.1) is 23.7 Å². The first-order chi connectivity index (χ1) is 7.15. The maximum atomic E-state index is 11.7. The smallest absolute Gasteiger partial charge is 0.253 e. The first-order valence-electron chi connectivity index (χ1n) is 4.90. The Kier molecular flexibility index (Phi) is 8.01. The van der Waals surface area contributed by atoms with E-state index in [1.165, 1.54) is 0 Å². The summed E-state index contributed by atoms with van der Waals surface area (Å²) < 4.78 is 0.904. The third-order valence-electron chi connectivity index (χ3n) is 1.89. The monoisotopic (exact) mass is 326 g/mol. The molecule has 2 N–H and O–H groups in total. The van der Waals surface area contributed by atoms with E-state index in [9.17, 15) is 4.79 Å². The van der Waals surface area contributed by atoms with E-state index >= 15 is 0 Å². The highest BCUT2D eigenvalue weighted by Crippen LogP contribution is 2.27. The van der Waals surface area contributed by atoms with E-state index in [1.807, 2.05) is 19.9 Å². The summed E-state index contributed by atoms with van der Waals surface area (Å²) in [7, 11) is 0. The molecule has 1 aromatic heterocycles. The van der Waals surface area contributed by atoms with E-state index in [2.05, 4.69) is 26.6 Å². The highest BCUT2D eigenvalue weighted by Gasteiger charge is 2.11. The van der Waals surface area contributed by atoms with Gasteiger partial charge in [0, 0.05) is 18.0 Å². The fourth-order valence-electron chi connectivity index (χ4n) is 1.18. The van der Waals surface area contributed by atoms with E-state index in [0.717, 1.165) is 27.3 Å². The number of carbonyl (C=O) groups is 1. The van der Waals surface area contributed by atoms with Crippen LogP contribution in [-0.4, -0.2) is 25.5 Å². The Bertz CT molecular complexity index is 344. The first-order valence-corrected chi connectivity index (χ1v) is 6.51. The number of nitrogens with one attached hydrogen (secondary N) is 2. The number of aryl methyl sites for hydroxylation is 1. The van der Waals surface area contributed by atoms with E-state index in [4.69, 9.17) is 0 Å². The highest BCUT2D eigenvalue weighted by molar-refractivity contribution is 9.11. The molecule has 0 aliphatic rings. The zero-order valence-corrected chi connectivity index (χ0v) is 12.5. The van der Waals surface area contributed by atoms with Crippen LogP contribution in [0.15, 0.2) is 9.85 Å². The van der Waals surface area contributed by atoms with Gasteiger partial charge in [0.1, 0.15) is 0 Å². The summed E-state index contributed by atoms with van der Waals surface area (Å²) in [6.07, 6.45) is 0. The van der Waals surface area contributed by atoms with E-state index in [0.29, 0.717) is 6.54 Å². The van der Waals surface area contributed by atoms with E-state index in [1.54, 1.807) is 11.3 Å². The molecule has 0 saturated carbocycles. The maximum Gasteiger partial charge on any atom is 0.253 e. The molecule has 0 aliphatic heterocycles. The van der Waals surface area contributed by atoms with Gasteiger partial charge in [-0.05, 0) is 35.5 Å². The molecule has 0 spiro atoms. The lowest BCUT2D eigenvalue weighted by atomic mass is 10.3. The zero-order chi connectivity index (χ0) is 11.3. The molecule has 0 unspecified atom stereocenters. The molecule has 1 rings (SSSR count). The molecule has 0 fully saturated rings. The van der Waals surface area contributed by atoms with Crippen LogP contribution in [0.3, 0.4) is 0 Å². The number of halogens is 2. The molecule has 0 saturated heterocycles. The molecule has 1 amide bonds. The third kappa shape index (κ3) is 4.82. The minimum Gasteiger partial charge on any atom is -0.351 e. The quantitative estimate of drug-likeness (QED) is 0.816. The summed E-state index contributed by atoms with van der Waals surface area (Å²) in [5.74, 6) is -0.0101. The minimum atomic E-state index is -0.0101. The second-order valence-electron chi connectivity index (χ2n) is 3.15. The Hall–Kier alpha value is -0.100. The summed E-state index contributed by atoms with van der Waals surface area (Å²) in [5, 5.41) is 6.01. The normalized spacial score (nSPS) is 9.69. The van der Waals surface area contributed by atoms with Crippen LogP contribution in [0.4, 0.5) is 0 Å². The molecule has 92 valence electrons. The Balaban J connectivity index is 0.00000225. The second-order valence-corrected chi connectivity index (χ2v) is 5.73. The van der Waals surface area contributed by atoms with Gasteiger partial charge in [-0.1, -0.05) is 6.92 Å². The minimum absolute atomic E-state index is 0. The average molecular weight is 328 g/mol. The van der Waals surface area contributed by atoms with Gasteiger partial charge >= 0.3 is 0 Å². The predicted octanol–water partition coefficient (Wildman–Crippen LogP) is 2.58. The van der Waals surface area contributed by atoms with Crippen molar-refractivity contribution in [2.75, 3.05) is 19.6 Å². The van der Waals surface area contributed by atoms with E-state index < -0.39 is 0 Å². The van der Waals surface area contributed by atoms with Gasteiger partial charge in [-0.3, -0.25) is 4.79 Å². The van der Waals surface area contributed by atoms with Gasteiger partial charge in [-0.2, -0.15) is 0 Å². The van der Waals surface area contributed by atoms with Crippen molar-refractivity contribution in [2.45, 2.75) is 13.8 Å². The molecular weight excluding hydrogens is 312 g/mol. The molecule has 16 heavy (non-hydrogen) atoms. The lowest BCUT2D eigenvalue weighted by Gasteiger charge is -2.04. The average Bonchev–Trinajstić information content (AvgIpc) is 2.52. The molecule has 0 bridgehead atoms. The molecule has 0 aliphatic carbocycles. The summed E-state index contributed by atoms with van der Waals surface area (Å²) in [6, 6.07) is 1.90. The molecule has 0 radical (unpaired) electrons. The van der Waals surface area contributed by atoms with Gasteiger partial charge in [0.15, 0.2) is 0 Å². The van der Waals surface area contributed by atoms with Gasteiger partial charge in [0.25, 0.3) is 5.91 Å². The van der Waals surface area contributed by atoms with Crippen molar-refractivity contribution in [1.29, 1.82) is 0 Å². The number of hydrogen-bond donors (Lipinski definition) is 2. The summed E-state index contributed by atoms with van der Waals surface area (Å²) in [4.78, 5) is 12.8. The number of carbonyl (C=O) groups excluding carboxylic acids is 1. The Morgan fingerprint density at radius 2 is 2.19 bits per heavy atom. The Morgan fingerprint density at radius 1 is 1.50 bits per heavy atom. The SMILES string of the molecule is CCNCCNC(=O)c1cc(C)sc1Br.Cl. The van der Waals surface area contributed by atoms with Crippen LogP contribution in [0.25, 0.3) is 0 Å². The van der Waals surface area contributed by atoms with Crippen LogP contribution in [0.5, 0.6) is 0 Å². The van der Waals surface area contributed by atoms with Crippen LogP contribution in [0, 0.1) is 6.92 Å². The van der Waals surface area contributed by atoms with Crippen molar-refractivity contribution >= 4 is 45.6 Å². The van der Waals surface area contributed by atoms with Crippen LogP contribution in [-0.2, 0) is 0 Å². The fraction of sp³-hybridized carbons (Fsp3) is 0.500. The van der Waals surface area contributed by atoms with Gasteiger partial charge in [0.2, 0.25) is 0 Å². The molecule has 0 atom stereocenters. The lowest BCUT2D eigenvalue weighted by Crippen LogP contribution is -2.31. The van der Waals surface area contributed by atoms with Crippen molar-refractivity contribution in [3.8, 4) is 0 Å². The molecule has 1 aromatic rings. The standard InChI is InChI=1S/C10H15BrN2OS.ClH/c1-3-12-4-5-13-10(14)8-6-7(2)15-9(8)11;/h6,12H,3-5H2,1-2H3,(H,13,14);1H. The second kappa shape index (κ2) is 8.06. The van der Waals surface area contributed by atoms with Crippen molar-refractivity contribution < 1.29 is 4.79 Å². The van der Waals surface area contributed by atoms with Gasteiger partial charge < -0.3 is 10.6 Å². The van der Waals surface area contributed by atoms with Crippen LogP contribution < -0.4 is 10.6 Å². The zero-order valence-electron chi connectivity index (χ0n) is 9.30.